The van der Waals surface area contributed by atoms with E-state index in [0.29, 0.717) is 34.4 Å². The molecule has 0 heterocycles. The first-order chi connectivity index (χ1) is 16.9. The first-order valence-electron chi connectivity index (χ1n) is 11.6. The van der Waals surface area contributed by atoms with E-state index in [-0.39, 0.29) is 24.2 Å². The van der Waals surface area contributed by atoms with Crippen LogP contribution in [0.15, 0.2) is 42.5 Å². The Morgan fingerprint density at radius 2 is 1.64 bits per heavy atom. The summed E-state index contributed by atoms with van der Waals surface area (Å²) in [6, 6.07) is 10.5. The van der Waals surface area contributed by atoms with Gasteiger partial charge in [0.05, 0.1) is 18.6 Å². The lowest BCUT2D eigenvalue weighted by atomic mass is 10.1. The second kappa shape index (κ2) is 13.2. The van der Waals surface area contributed by atoms with Gasteiger partial charge in [0.15, 0.2) is 0 Å². The molecular formula is C25H33Cl2N3O5S. The van der Waals surface area contributed by atoms with Gasteiger partial charge in [-0.2, -0.15) is 0 Å². The highest BCUT2D eigenvalue weighted by Gasteiger charge is 2.32. The summed E-state index contributed by atoms with van der Waals surface area (Å²) < 4.78 is 32.1. The lowest BCUT2D eigenvalue weighted by Crippen LogP contribution is -2.52. The maximum atomic E-state index is 13.7. The number of para-hydroxylation sites is 2. The van der Waals surface area contributed by atoms with Crippen LogP contribution in [0, 0.1) is 0 Å². The molecule has 0 aliphatic heterocycles. The van der Waals surface area contributed by atoms with E-state index in [9.17, 15) is 18.0 Å². The Morgan fingerprint density at radius 1 is 1.03 bits per heavy atom. The number of sulfonamides is 1. The van der Waals surface area contributed by atoms with Gasteiger partial charge < -0.3 is 15.0 Å². The van der Waals surface area contributed by atoms with Gasteiger partial charge >= 0.3 is 0 Å². The molecule has 0 saturated carbocycles. The van der Waals surface area contributed by atoms with Crippen LogP contribution in [0.5, 0.6) is 5.75 Å². The third kappa shape index (κ3) is 7.75. The molecule has 1 N–H and O–H groups in total. The van der Waals surface area contributed by atoms with Gasteiger partial charge in [0.25, 0.3) is 0 Å². The van der Waals surface area contributed by atoms with E-state index in [1.54, 1.807) is 56.3 Å². The van der Waals surface area contributed by atoms with E-state index in [1.165, 1.54) is 4.90 Å². The van der Waals surface area contributed by atoms with Crippen molar-refractivity contribution in [2.75, 3.05) is 23.7 Å². The normalized spacial score (nSPS) is 13.0. The summed E-state index contributed by atoms with van der Waals surface area (Å²) in [4.78, 5) is 28.0. The predicted molar refractivity (Wildman–Crippen MR) is 144 cm³/mol. The summed E-state index contributed by atoms with van der Waals surface area (Å²) in [5.74, 6) is -0.655. The Morgan fingerprint density at radius 3 is 2.19 bits per heavy atom. The molecule has 0 aromatic heterocycles. The summed E-state index contributed by atoms with van der Waals surface area (Å²) in [6.45, 7) is 6.83. The number of nitrogens with zero attached hydrogens (tertiary/aromatic N) is 2. The van der Waals surface area contributed by atoms with Crippen LogP contribution in [0.25, 0.3) is 0 Å². The van der Waals surface area contributed by atoms with Crippen molar-refractivity contribution in [3.63, 3.8) is 0 Å². The van der Waals surface area contributed by atoms with Gasteiger partial charge in [-0.3, -0.25) is 13.9 Å². The predicted octanol–water partition coefficient (Wildman–Crippen LogP) is 4.49. The minimum Gasteiger partial charge on any atom is -0.492 e. The van der Waals surface area contributed by atoms with E-state index >= 15 is 0 Å². The quantitative estimate of drug-likeness (QED) is 0.414. The summed E-state index contributed by atoms with van der Waals surface area (Å²) in [7, 11) is -3.89. The Bertz CT molecular complexity index is 1160. The van der Waals surface area contributed by atoms with Crippen molar-refractivity contribution in [1.82, 2.24) is 10.2 Å². The number of hydrogen-bond donors (Lipinski definition) is 1. The molecule has 0 bridgehead atoms. The fourth-order valence-electron chi connectivity index (χ4n) is 3.44. The number of hydrogen-bond acceptors (Lipinski definition) is 5. The van der Waals surface area contributed by atoms with E-state index in [4.69, 9.17) is 27.9 Å². The average Bonchev–Trinajstić information content (AvgIpc) is 2.81. The van der Waals surface area contributed by atoms with Gasteiger partial charge in [-0.15, -0.1) is 0 Å². The largest absolute Gasteiger partial charge is 0.492 e. The van der Waals surface area contributed by atoms with Crippen molar-refractivity contribution in [2.24, 2.45) is 0 Å². The van der Waals surface area contributed by atoms with Crippen LogP contribution in [0.2, 0.25) is 10.0 Å². The fraction of sp³-hybridized carbons (Fsp3) is 0.440. The molecule has 2 atom stereocenters. The molecular weight excluding hydrogens is 525 g/mol. The molecule has 0 fully saturated rings. The average molecular weight is 559 g/mol. The third-order valence-electron chi connectivity index (χ3n) is 5.67. The zero-order chi connectivity index (χ0) is 27.0. The van der Waals surface area contributed by atoms with Crippen LogP contribution in [-0.2, 0) is 26.2 Å². The second-order valence-electron chi connectivity index (χ2n) is 8.39. The molecule has 0 spiro atoms. The Labute approximate surface area is 223 Å². The van der Waals surface area contributed by atoms with Crippen molar-refractivity contribution >= 4 is 50.7 Å². The van der Waals surface area contributed by atoms with Crippen LogP contribution in [0.4, 0.5) is 5.69 Å². The number of halogens is 2. The number of rotatable bonds is 12. The molecule has 2 amide bonds. The molecule has 2 aromatic rings. The number of ether oxygens (including phenoxy) is 1. The number of anilines is 1. The molecule has 2 aromatic carbocycles. The zero-order valence-corrected chi connectivity index (χ0v) is 23.5. The summed E-state index contributed by atoms with van der Waals surface area (Å²) in [6.07, 6.45) is 1.72. The van der Waals surface area contributed by atoms with E-state index in [0.717, 1.165) is 10.6 Å². The van der Waals surface area contributed by atoms with Gasteiger partial charge in [0.2, 0.25) is 21.8 Å². The molecule has 0 unspecified atom stereocenters. The molecule has 2 rings (SSSR count). The molecule has 0 radical (unpaired) electrons. The number of nitrogens with one attached hydrogen (secondary N) is 1. The topological polar surface area (TPSA) is 96.0 Å². The molecule has 8 nitrogen and oxygen atoms in total. The Hall–Kier alpha value is -2.49. The molecule has 0 aliphatic rings. The number of benzene rings is 2. The molecule has 0 aliphatic carbocycles. The SMILES string of the molecule is CCOc1ccccc1N(CC(=O)N(Cc1c(Cl)cccc1Cl)[C@@H](C)C(=O)N[C@@H](C)CC)S(C)(=O)=O. The maximum Gasteiger partial charge on any atom is 0.244 e. The van der Waals surface area contributed by atoms with Crippen molar-refractivity contribution in [1.29, 1.82) is 0 Å². The monoisotopic (exact) mass is 557 g/mol. The van der Waals surface area contributed by atoms with Gasteiger partial charge in [-0.1, -0.05) is 48.3 Å². The molecule has 0 saturated heterocycles. The van der Waals surface area contributed by atoms with Gasteiger partial charge in [0, 0.05) is 28.2 Å². The fourth-order valence-corrected chi connectivity index (χ4v) is 4.81. The first kappa shape index (κ1) is 29.7. The van der Waals surface area contributed by atoms with Crippen molar-refractivity contribution in [2.45, 2.75) is 52.7 Å². The van der Waals surface area contributed by atoms with Crippen LogP contribution < -0.4 is 14.4 Å². The van der Waals surface area contributed by atoms with E-state index in [1.807, 2.05) is 13.8 Å². The minimum absolute atomic E-state index is 0.0862. The highest BCUT2D eigenvalue weighted by molar-refractivity contribution is 7.92. The maximum absolute atomic E-state index is 13.7. The standard InChI is InChI=1S/C25H33Cl2N3O5S/c1-6-17(3)28-25(32)18(4)29(15-19-20(26)11-10-12-21(19)27)24(31)16-30(36(5,33)34)22-13-8-9-14-23(22)35-7-2/h8-14,17-18H,6-7,15-16H2,1-5H3,(H,28,32)/t17-,18-/m0/s1. The Balaban J connectivity index is 2.49. The minimum atomic E-state index is -3.89. The van der Waals surface area contributed by atoms with E-state index in [2.05, 4.69) is 5.32 Å². The van der Waals surface area contributed by atoms with Gasteiger partial charge in [-0.05, 0) is 51.5 Å². The van der Waals surface area contributed by atoms with Crippen LogP contribution in [-0.4, -0.2) is 56.6 Å². The third-order valence-corrected chi connectivity index (χ3v) is 7.51. The molecule has 11 heteroatoms. The van der Waals surface area contributed by atoms with Gasteiger partial charge in [0.1, 0.15) is 18.3 Å². The summed E-state index contributed by atoms with van der Waals surface area (Å²) in [5.41, 5.74) is 0.681. The lowest BCUT2D eigenvalue weighted by Gasteiger charge is -2.32. The second-order valence-corrected chi connectivity index (χ2v) is 11.1. The lowest BCUT2D eigenvalue weighted by molar-refractivity contribution is -0.139. The summed E-state index contributed by atoms with van der Waals surface area (Å²) in [5, 5.41) is 3.53. The van der Waals surface area contributed by atoms with Crippen molar-refractivity contribution in [3.05, 3.63) is 58.1 Å². The molecule has 198 valence electrons. The van der Waals surface area contributed by atoms with Crippen LogP contribution >= 0.6 is 23.2 Å². The molecule has 36 heavy (non-hydrogen) atoms. The number of carbonyl (C=O) groups excluding carboxylic acids is 2. The van der Waals surface area contributed by atoms with Crippen LogP contribution in [0.1, 0.15) is 39.7 Å². The van der Waals surface area contributed by atoms with Crippen molar-refractivity contribution in [3.8, 4) is 5.75 Å². The highest BCUT2D eigenvalue weighted by atomic mass is 35.5. The summed E-state index contributed by atoms with van der Waals surface area (Å²) >= 11 is 12.7. The first-order valence-corrected chi connectivity index (χ1v) is 14.2. The number of carbonyl (C=O) groups is 2. The van der Waals surface area contributed by atoms with E-state index < -0.39 is 28.5 Å². The van der Waals surface area contributed by atoms with Crippen LogP contribution in [0.3, 0.4) is 0 Å². The van der Waals surface area contributed by atoms with Gasteiger partial charge in [-0.25, -0.2) is 8.42 Å². The smallest absolute Gasteiger partial charge is 0.244 e. The van der Waals surface area contributed by atoms with Crippen molar-refractivity contribution < 1.29 is 22.7 Å². The highest BCUT2D eigenvalue weighted by Crippen LogP contribution is 2.31. The number of amides is 2. The zero-order valence-electron chi connectivity index (χ0n) is 21.1. The Kier molecular flexibility index (Phi) is 10.9.